The number of carbonyl (C=O) groups is 2. The highest BCUT2D eigenvalue weighted by molar-refractivity contribution is 5.67. The predicted molar refractivity (Wildman–Crippen MR) is 71.4 cm³/mol. The van der Waals surface area contributed by atoms with Crippen molar-refractivity contribution in [2.24, 2.45) is 5.41 Å². The Hall–Kier alpha value is -0.960. The number of hydrogen-bond acceptors (Lipinski definition) is 3. The first-order chi connectivity index (χ1) is 8.33. The van der Waals surface area contributed by atoms with Crippen molar-refractivity contribution in [2.45, 2.75) is 65.1 Å². The van der Waals surface area contributed by atoms with Crippen LogP contribution in [0.5, 0.6) is 0 Å². The number of ether oxygens (including phenoxy) is 1. The van der Waals surface area contributed by atoms with Crippen molar-refractivity contribution < 1.29 is 14.3 Å². The summed E-state index contributed by atoms with van der Waals surface area (Å²) in [7, 11) is 0. The highest BCUT2D eigenvalue weighted by Crippen LogP contribution is 2.45. The molecule has 0 radical (unpaired) electrons. The third kappa shape index (κ3) is 3.52. The zero-order valence-corrected chi connectivity index (χ0v) is 11.9. The van der Waals surface area contributed by atoms with E-state index < -0.39 is 0 Å². The molecule has 0 heterocycles. The van der Waals surface area contributed by atoms with Gasteiger partial charge in [0.2, 0.25) is 0 Å². The van der Waals surface area contributed by atoms with Crippen molar-refractivity contribution in [2.75, 3.05) is 0 Å². The van der Waals surface area contributed by atoms with Gasteiger partial charge >= 0.3 is 0 Å². The fourth-order valence-electron chi connectivity index (χ4n) is 2.70. The van der Waals surface area contributed by atoms with Crippen LogP contribution in [0, 0.1) is 5.41 Å². The van der Waals surface area contributed by atoms with Crippen LogP contribution in [-0.2, 0) is 14.3 Å². The van der Waals surface area contributed by atoms with Crippen LogP contribution >= 0.6 is 0 Å². The van der Waals surface area contributed by atoms with Gasteiger partial charge in [0.1, 0.15) is 12.6 Å². The molecule has 0 aliphatic heterocycles. The monoisotopic (exact) mass is 252 g/mol. The number of hydrogen-bond donors (Lipinski definition) is 0. The van der Waals surface area contributed by atoms with Gasteiger partial charge < -0.3 is 9.53 Å². The lowest BCUT2D eigenvalue weighted by atomic mass is 9.67. The van der Waals surface area contributed by atoms with Crippen molar-refractivity contribution in [3.05, 3.63) is 11.6 Å². The molecule has 0 amide bonds. The molecule has 1 saturated carbocycles. The number of rotatable bonds is 4. The molecule has 0 unspecified atom stereocenters. The molecule has 3 nitrogen and oxygen atoms in total. The standard InChI is InChI=1S/C15H24O3/c1-14(2,3)18-13-7-5-6-12(8-10-16)15(13,4)9-11-17/h8,10-11,13H,5-7,9H2,1-4H3/b12-8-/t13-,15-/m0/s1. The highest BCUT2D eigenvalue weighted by atomic mass is 16.5. The minimum atomic E-state index is -0.339. The summed E-state index contributed by atoms with van der Waals surface area (Å²) in [5, 5.41) is 0. The van der Waals surface area contributed by atoms with E-state index >= 15 is 0 Å². The van der Waals surface area contributed by atoms with E-state index in [1.54, 1.807) is 6.08 Å². The van der Waals surface area contributed by atoms with Gasteiger partial charge in [0.25, 0.3) is 0 Å². The van der Waals surface area contributed by atoms with Gasteiger partial charge in [0, 0.05) is 11.8 Å². The topological polar surface area (TPSA) is 43.4 Å². The number of aldehydes is 2. The first kappa shape index (κ1) is 15.1. The Labute approximate surface area is 110 Å². The fourth-order valence-corrected chi connectivity index (χ4v) is 2.70. The van der Waals surface area contributed by atoms with Gasteiger partial charge in [-0.05, 0) is 46.1 Å². The Morgan fingerprint density at radius 2 is 2.06 bits per heavy atom. The summed E-state index contributed by atoms with van der Waals surface area (Å²) in [4.78, 5) is 21.7. The summed E-state index contributed by atoms with van der Waals surface area (Å²) in [6.07, 6.45) is 6.61. The van der Waals surface area contributed by atoms with Gasteiger partial charge in [-0.3, -0.25) is 4.79 Å². The quantitative estimate of drug-likeness (QED) is 0.570. The Balaban J connectivity index is 3.03. The van der Waals surface area contributed by atoms with E-state index in [0.29, 0.717) is 6.42 Å². The molecule has 0 N–H and O–H groups in total. The minimum Gasteiger partial charge on any atom is -0.372 e. The normalized spacial score (nSPS) is 31.3. The molecule has 1 aliphatic rings. The van der Waals surface area contributed by atoms with E-state index in [1.165, 1.54) is 0 Å². The van der Waals surface area contributed by atoms with Crippen LogP contribution in [-0.4, -0.2) is 24.3 Å². The molecule has 2 atom stereocenters. The van der Waals surface area contributed by atoms with E-state index in [2.05, 4.69) is 0 Å². The molecule has 1 fully saturated rings. The highest BCUT2D eigenvalue weighted by Gasteiger charge is 2.42. The summed E-state index contributed by atoms with van der Waals surface area (Å²) >= 11 is 0. The van der Waals surface area contributed by atoms with Crippen molar-refractivity contribution in [3.8, 4) is 0 Å². The Bertz CT molecular complexity index is 338. The van der Waals surface area contributed by atoms with Crippen molar-refractivity contribution in [1.82, 2.24) is 0 Å². The maximum absolute atomic E-state index is 11.0. The Morgan fingerprint density at radius 3 is 2.56 bits per heavy atom. The largest absolute Gasteiger partial charge is 0.372 e. The van der Waals surface area contributed by atoms with Gasteiger partial charge in [0.15, 0.2) is 0 Å². The third-order valence-electron chi connectivity index (χ3n) is 3.63. The number of allylic oxidation sites excluding steroid dienone is 1. The lowest BCUT2D eigenvalue weighted by molar-refractivity contribution is -0.127. The summed E-state index contributed by atoms with van der Waals surface area (Å²) in [5.74, 6) is 0. The zero-order chi connectivity index (χ0) is 13.8. The molecule has 0 spiro atoms. The van der Waals surface area contributed by atoms with Gasteiger partial charge in [-0.25, -0.2) is 0 Å². The molecule has 1 rings (SSSR count). The average molecular weight is 252 g/mol. The summed E-state index contributed by atoms with van der Waals surface area (Å²) in [5.41, 5.74) is 0.470. The molecule has 0 aromatic heterocycles. The lowest BCUT2D eigenvalue weighted by Crippen LogP contribution is -2.43. The van der Waals surface area contributed by atoms with Gasteiger partial charge in [-0.1, -0.05) is 12.5 Å². The van der Waals surface area contributed by atoms with Crippen molar-refractivity contribution in [3.63, 3.8) is 0 Å². The van der Waals surface area contributed by atoms with Crippen LogP contribution < -0.4 is 0 Å². The molecular formula is C15H24O3. The number of carbonyl (C=O) groups excluding carboxylic acids is 2. The maximum atomic E-state index is 11.0. The van der Waals surface area contributed by atoms with Crippen LogP contribution in [0.15, 0.2) is 11.6 Å². The van der Waals surface area contributed by atoms with Crippen molar-refractivity contribution in [1.29, 1.82) is 0 Å². The van der Waals surface area contributed by atoms with Crippen LogP contribution in [0.3, 0.4) is 0 Å². The van der Waals surface area contributed by atoms with Crippen molar-refractivity contribution >= 4 is 12.6 Å². The van der Waals surface area contributed by atoms with E-state index in [-0.39, 0.29) is 17.1 Å². The Kier molecular flexibility index (Phi) is 4.85. The van der Waals surface area contributed by atoms with E-state index in [4.69, 9.17) is 4.74 Å². The second-order valence-electron chi connectivity index (χ2n) is 6.23. The van der Waals surface area contributed by atoms with Crippen LogP contribution in [0.25, 0.3) is 0 Å². The molecule has 0 aromatic carbocycles. The molecule has 3 heteroatoms. The Morgan fingerprint density at radius 1 is 1.39 bits per heavy atom. The van der Waals surface area contributed by atoms with E-state index in [0.717, 1.165) is 37.4 Å². The van der Waals surface area contributed by atoms with E-state index in [9.17, 15) is 9.59 Å². The molecule has 18 heavy (non-hydrogen) atoms. The smallest absolute Gasteiger partial charge is 0.142 e. The van der Waals surface area contributed by atoms with Gasteiger partial charge in [-0.15, -0.1) is 0 Å². The fraction of sp³-hybridized carbons (Fsp3) is 0.733. The third-order valence-corrected chi connectivity index (χ3v) is 3.63. The summed E-state index contributed by atoms with van der Waals surface area (Å²) < 4.78 is 6.11. The minimum absolute atomic E-state index is 0.00245. The SMILES string of the molecule is CC(C)(C)O[C@H]1CCC/C(=C/C=O)[C@]1(C)CC=O. The molecule has 0 bridgehead atoms. The molecule has 0 aromatic rings. The second kappa shape index (κ2) is 5.79. The zero-order valence-electron chi connectivity index (χ0n) is 11.9. The maximum Gasteiger partial charge on any atom is 0.142 e. The van der Waals surface area contributed by atoms with Crippen LogP contribution in [0.2, 0.25) is 0 Å². The first-order valence-electron chi connectivity index (χ1n) is 6.60. The van der Waals surface area contributed by atoms with Crippen LogP contribution in [0.4, 0.5) is 0 Å². The predicted octanol–water partition coefficient (Wildman–Crippen LogP) is 3.07. The summed E-state index contributed by atoms with van der Waals surface area (Å²) in [6, 6.07) is 0. The van der Waals surface area contributed by atoms with Gasteiger partial charge in [-0.2, -0.15) is 0 Å². The molecular weight excluding hydrogens is 228 g/mol. The van der Waals surface area contributed by atoms with Crippen LogP contribution in [0.1, 0.15) is 53.4 Å². The second-order valence-corrected chi connectivity index (χ2v) is 6.23. The molecule has 1 aliphatic carbocycles. The molecule has 0 saturated heterocycles. The van der Waals surface area contributed by atoms with E-state index in [1.807, 2.05) is 27.7 Å². The average Bonchev–Trinajstić information content (AvgIpc) is 2.23. The summed E-state index contributed by atoms with van der Waals surface area (Å²) in [6.45, 7) is 8.09. The van der Waals surface area contributed by atoms with Gasteiger partial charge in [0.05, 0.1) is 11.7 Å². The molecule has 102 valence electrons. The lowest BCUT2D eigenvalue weighted by Gasteiger charge is -2.45. The first-order valence-corrected chi connectivity index (χ1v) is 6.60.